The molecule has 3 atom stereocenters. The molecule has 2 fully saturated rings. The predicted octanol–water partition coefficient (Wildman–Crippen LogP) is 4.98. The van der Waals surface area contributed by atoms with E-state index in [9.17, 15) is 13.2 Å². The summed E-state index contributed by atoms with van der Waals surface area (Å²) >= 11 is 0. The summed E-state index contributed by atoms with van der Waals surface area (Å²) < 4.78 is 59.9. The Labute approximate surface area is 185 Å². The van der Waals surface area contributed by atoms with E-state index in [2.05, 4.69) is 22.2 Å². The van der Waals surface area contributed by atoms with Gasteiger partial charge in [0.2, 0.25) is 0 Å². The van der Waals surface area contributed by atoms with Gasteiger partial charge in [0.1, 0.15) is 18.1 Å². The molecule has 2 saturated heterocycles. The molecule has 0 saturated carbocycles. The molecular weight excluding hydrogens is 423 g/mol. The highest BCUT2D eigenvalue weighted by Crippen LogP contribution is 2.50. The Bertz CT molecular complexity index is 893. The van der Waals surface area contributed by atoms with Crippen LogP contribution in [0.15, 0.2) is 48.5 Å². The van der Waals surface area contributed by atoms with Crippen molar-refractivity contribution in [2.45, 2.75) is 43.2 Å². The van der Waals surface area contributed by atoms with Crippen molar-refractivity contribution in [3.63, 3.8) is 0 Å². The molecule has 0 radical (unpaired) electrons. The minimum atomic E-state index is -4.76. The van der Waals surface area contributed by atoms with Gasteiger partial charge in [0.25, 0.3) is 0 Å². The van der Waals surface area contributed by atoms with E-state index in [0.717, 1.165) is 24.9 Å². The van der Waals surface area contributed by atoms with Gasteiger partial charge in [0.15, 0.2) is 0 Å². The molecule has 2 aliphatic rings. The van der Waals surface area contributed by atoms with Crippen LogP contribution in [0.2, 0.25) is 0 Å². The Morgan fingerprint density at radius 2 is 1.94 bits per heavy atom. The SMILES string of the molecule is COCCOc1ccc(OC(F)(F)F)cc1[C@@H]1CO[C@]2(CCCN[C@H]2c2ccccc2)C1. The molecular formula is C24H28F3NO4. The summed E-state index contributed by atoms with van der Waals surface area (Å²) in [6.45, 7) is 1.98. The lowest BCUT2D eigenvalue weighted by molar-refractivity contribution is -0.274. The van der Waals surface area contributed by atoms with Gasteiger partial charge in [-0.05, 0) is 49.6 Å². The van der Waals surface area contributed by atoms with E-state index < -0.39 is 12.0 Å². The van der Waals surface area contributed by atoms with Crippen molar-refractivity contribution in [3.8, 4) is 11.5 Å². The third-order valence-electron chi connectivity index (χ3n) is 6.15. The molecule has 0 bridgehead atoms. The second kappa shape index (κ2) is 9.68. The summed E-state index contributed by atoms with van der Waals surface area (Å²) in [5, 5.41) is 3.59. The molecule has 1 spiro atoms. The molecule has 2 aromatic carbocycles. The van der Waals surface area contributed by atoms with Crippen molar-refractivity contribution in [2.24, 2.45) is 0 Å². The first-order valence-corrected chi connectivity index (χ1v) is 10.8. The van der Waals surface area contributed by atoms with Crippen LogP contribution in [0.3, 0.4) is 0 Å². The van der Waals surface area contributed by atoms with E-state index in [1.807, 2.05) is 18.2 Å². The Kier molecular flexibility index (Phi) is 6.93. The number of methoxy groups -OCH3 is 1. The highest BCUT2D eigenvalue weighted by Gasteiger charge is 2.49. The van der Waals surface area contributed by atoms with Crippen LogP contribution in [0.4, 0.5) is 13.2 Å². The van der Waals surface area contributed by atoms with Gasteiger partial charge in [-0.1, -0.05) is 30.3 Å². The second-order valence-electron chi connectivity index (χ2n) is 8.27. The third-order valence-corrected chi connectivity index (χ3v) is 6.15. The van der Waals surface area contributed by atoms with Gasteiger partial charge < -0.3 is 24.3 Å². The number of hydrogen-bond donors (Lipinski definition) is 1. The van der Waals surface area contributed by atoms with Crippen LogP contribution < -0.4 is 14.8 Å². The van der Waals surface area contributed by atoms with E-state index in [1.165, 1.54) is 18.2 Å². The highest BCUT2D eigenvalue weighted by atomic mass is 19.4. The Balaban J connectivity index is 1.61. The second-order valence-corrected chi connectivity index (χ2v) is 8.27. The molecule has 0 amide bonds. The number of rotatable bonds is 7. The summed E-state index contributed by atoms with van der Waals surface area (Å²) in [5.41, 5.74) is 1.39. The van der Waals surface area contributed by atoms with Crippen molar-refractivity contribution in [1.29, 1.82) is 0 Å². The molecule has 174 valence electrons. The van der Waals surface area contributed by atoms with Gasteiger partial charge in [0.05, 0.1) is 24.9 Å². The number of nitrogens with one attached hydrogen (secondary N) is 1. The van der Waals surface area contributed by atoms with Gasteiger partial charge in [0, 0.05) is 18.6 Å². The highest BCUT2D eigenvalue weighted by molar-refractivity contribution is 5.44. The molecule has 0 aliphatic carbocycles. The Morgan fingerprint density at radius 1 is 1.12 bits per heavy atom. The molecule has 4 rings (SSSR count). The first-order chi connectivity index (χ1) is 15.4. The van der Waals surface area contributed by atoms with Crippen LogP contribution in [-0.2, 0) is 9.47 Å². The van der Waals surface area contributed by atoms with Crippen molar-refractivity contribution in [1.82, 2.24) is 5.32 Å². The number of ether oxygens (including phenoxy) is 4. The molecule has 8 heteroatoms. The van der Waals surface area contributed by atoms with Crippen LogP contribution in [0, 0.1) is 0 Å². The maximum Gasteiger partial charge on any atom is 0.573 e. The topological polar surface area (TPSA) is 49.0 Å². The smallest absolute Gasteiger partial charge is 0.491 e. The minimum Gasteiger partial charge on any atom is -0.491 e. The maximum atomic E-state index is 12.8. The molecule has 2 aromatic rings. The fourth-order valence-electron chi connectivity index (χ4n) is 4.82. The van der Waals surface area contributed by atoms with E-state index in [4.69, 9.17) is 14.2 Å². The van der Waals surface area contributed by atoms with Gasteiger partial charge in [-0.25, -0.2) is 0 Å². The lowest BCUT2D eigenvalue weighted by Gasteiger charge is -2.41. The lowest BCUT2D eigenvalue weighted by Crippen LogP contribution is -2.48. The first-order valence-electron chi connectivity index (χ1n) is 10.8. The van der Waals surface area contributed by atoms with Crippen LogP contribution in [0.1, 0.15) is 42.3 Å². The van der Waals surface area contributed by atoms with E-state index in [1.54, 1.807) is 7.11 Å². The zero-order valence-electron chi connectivity index (χ0n) is 18.0. The van der Waals surface area contributed by atoms with Crippen molar-refractivity contribution in [3.05, 3.63) is 59.7 Å². The zero-order valence-corrected chi connectivity index (χ0v) is 18.0. The molecule has 0 aromatic heterocycles. The average Bonchev–Trinajstić information content (AvgIpc) is 3.18. The minimum absolute atomic E-state index is 0.0231. The fraction of sp³-hybridized carbons (Fsp3) is 0.500. The molecule has 0 unspecified atom stereocenters. The molecule has 2 aliphatic heterocycles. The Hall–Kier alpha value is -2.29. The lowest BCUT2D eigenvalue weighted by atomic mass is 9.77. The summed E-state index contributed by atoms with van der Waals surface area (Å²) in [6.07, 6.45) is -2.22. The largest absolute Gasteiger partial charge is 0.573 e. The zero-order chi connectivity index (χ0) is 22.6. The monoisotopic (exact) mass is 451 g/mol. The van der Waals surface area contributed by atoms with E-state index in [-0.39, 0.29) is 17.7 Å². The maximum absolute atomic E-state index is 12.8. The van der Waals surface area contributed by atoms with E-state index >= 15 is 0 Å². The average molecular weight is 451 g/mol. The normalized spacial score (nSPS) is 25.8. The van der Waals surface area contributed by atoms with Crippen LogP contribution in [0.5, 0.6) is 11.5 Å². The Morgan fingerprint density at radius 3 is 2.69 bits per heavy atom. The van der Waals surface area contributed by atoms with Gasteiger partial charge in [-0.3, -0.25) is 0 Å². The van der Waals surface area contributed by atoms with Crippen LogP contribution in [0.25, 0.3) is 0 Å². The summed E-state index contributed by atoms with van der Waals surface area (Å²) in [4.78, 5) is 0. The molecule has 1 N–H and O–H groups in total. The quantitative estimate of drug-likeness (QED) is 0.602. The van der Waals surface area contributed by atoms with Crippen LogP contribution >= 0.6 is 0 Å². The number of halogens is 3. The summed E-state index contributed by atoms with van der Waals surface area (Å²) in [7, 11) is 1.57. The fourth-order valence-corrected chi connectivity index (χ4v) is 4.82. The third kappa shape index (κ3) is 5.19. The van der Waals surface area contributed by atoms with E-state index in [0.29, 0.717) is 37.6 Å². The van der Waals surface area contributed by atoms with Crippen LogP contribution in [-0.4, -0.2) is 45.4 Å². The van der Waals surface area contributed by atoms with Crippen molar-refractivity contribution < 1.29 is 32.1 Å². The number of benzene rings is 2. The number of alkyl halides is 3. The van der Waals surface area contributed by atoms with Gasteiger partial charge in [-0.2, -0.15) is 0 Å². The summed E-state index contributed by atoms with van der Waals surface area (Å²) in [6, 6.07) is 14.4. The number of hydrogen-bond acceptors (Lipinski definition) is 5. The van der Waals surface area contributed by atoms with Gasteiger partial charge >= 0.3 is 6.36 Å². The molecule has 2 heterocycles. The standard InChI is InChI=1S/C24H28F3NO4/c1-29-12-13-30-21-9-8-19(32-24(25,26)27)14-20(21)18-15-23(31-16-18)10-5-11-28-22(23)17-6-3-2-4-7-17/h2-4,6-9,14,18,22,28H,5,10-13,15-16H2,1H3/t18-,22-,23+/m0/s1. The molecule has 32 heavy (non-hydrogen) atoms. The first kappa shape index (κ1) is 22.9. The predicted molar refractivity (Wildman–Crippen MR) is 113 cm³/mol. The van der Waals surface area contributed by atoms with Crippen molar-refractivity contribution >= 4 is 0 Å². The molecule has 5 nitrogen and oxygen atoms in total. The van der Waals surface area contributed by atoms with Gasteiger partial charge in [-0.15, -0.1) is 13.2 Å². The van der Waals surface area contributed by atoms with Crippen molar-refractivity contribution in [2.75, 3.05) is 33.5 Å². The number of piperidine rings is 1. The summed E-state index contributed by atoms with van der Waals surface area (Å²) in [5.74, 6) is 0.159.